The Morgan fingerprint density at radius 3 is 1.25 bits per heavy atom. The SMILES string of the molecule is Cc1nc(C)nc(-c2ccc3c(c2)c2ccccc2n3-c2cc(C#N)cc(-n3c4ccccc4c4cc(-c5nc(C)nc(C)n5)ccc43)c2-c2cc(-c3ccccc3)nc(-c3ccccc3)n2)n1. The standard InChI is InChI=1S/C57H39N11/c1-33-59-34(2)62-56(61-33)40-23-25-50-44(29-40)42-19-11-13-21-48(42)67(50)52-27-37(32-58)28-53(54(52)47-31-46(38-15-7-5-8-16-38)65-55(66-47)39-17-9-6-10-18-39)68-49-22-14-12-20-43(49)45-30-41(24-26-51(45)68)57-63-35(3)60-36(4)64-57/h5-31H,1-4H3. The number of nitrogens with zero attached hydrogens (tertiary/aromatic N) is 11. The number of fused-ring (bicyclic) bond motifs is 6. The maximum atomic E-state index is 11.1. The highest BCUT2D eigenvalue weighted by Gasteiger charge is 2.26. The molecular formula is C57H39N11. The molecule has 0 bridgehead atoms. The van der Waals surface area contributed by atoms with Crippen molar-refractivity contribution in [2.75, 3.05) is 0 Å². The van der Waals surface area contributed by atoms with Gasteiger partial charge in [0.15, 0.2) is 17.5 Å². The second kappa shape index (κ2) is 16.0. The van der Waals surface area contributed by atoms with Gasteiger partial charge in [0.05, 0.1) is 56.5 Å². The molecule has 12 rings (SSSR count). The number of hydrogen-bond donors (Lipinski definition) is 0. The summed E-state index contributed by atoms with van der Waals surface area (Å²) in [6.07, 6.45) is 0. The van der Waals surface area contributed by atoms with Crippen LogP contribution in [0.3, 0.4) is 0 Å². The fourth-order valence-corrected chi connectivity index (χ4v) is 9.57. The first-order valence-electron chi connectivity index (χ1n) is 22.3. The summed E-state index contributed by atoms with van der Waals surface area (Å²) in [5.41, 5.74) is 11.7. The first-order chi connectivity index (χ1) is 33.3. The lowest BCUT2D eigenvalue weighted by atomic mass is 10.00. The van der Waals surface area contributed by atoms with Crippen molar-refractivity contribution >= 4 is 43.6 Å². The van der Waals surface area contributed by atoms with Crippen molar-refractivity contribution in [2.45, 2.75) is 27.7 Å². The molecule has 0 atom stereocenters. The van der Waals surface area contributed by atoms with Crippen LogP contribution in [0.15, 0.2) is 164 Å². The topological polar surface area (TPSA) is 137 Å². The van der Waals surface area contributed by atoms with Crippen molar-refractivity contribution in [1.29, 1.82) is 5.26 Å². The summed E-state index contributed by atoms with van der Waals surface area (Å²) in [5.74, 6) is 4.44. The van der Waals surface area contributed by atoms with Gasteiger partial charge in [-0.25, -0.2) is 39.9 Å². The predicted molar refractivity (Wildman–Crippen MR) is 268 cm³/mol. The molecule has 68 heavy (non-hydrogen) atoms. The fourth-order valence-electron chi connectivity index (χ4n) is 9.57. The molecule has 0 amide bonds. The zero-order valence-corrected chi connectivity index (χ0v) is 37.5. The predicted octanol–water partition coefficient (Wildman–Crippen LogP) is 12.5. The minimum Gasteiger partial charge on any atom is -0.308 e. The van der Waals surface area contributed by atoms with Gasteiger partial charge in [0, 0.05) is 49.4 Å². The van der Waals surface area contributed by atoms with Crippen LogP contribution in [-0.2, 0) is 0 Å². The molecule has 0 saturated heterocycles. The van der Waals surface area contributed by atoms with Crippen molar-refractivity contribution in [2.24, 2.45) is 0 Å². The lowest BCUT2D eigenvalue weighted by Crippen LogP contribution is -2.07. The molecule has 11 heteroatoms. The molecular weight excluding hydrogens is 839 g/mol. The smallest absolute Gasteiger partial charge is 0.163 e. The van der Waals surface area contributed by atoms with E-state index in [0.717, 1.165) is 88.5 Å². The number of rotatable bonds is 7. The molecule has 0 aliphatic heterocycles. The number of aryl methyl sites for hydroxylation is 4. The summed E-state index contributed by atoms with van der Waals surface area (Å²) < 4.78 is 4.53. The van der Waals surface area contributed by atoms with E-state index in [2.05, 4.69) is 128 Å². The fraction of sp³-hybridized carbons (Fsp3) is 0.0702. The van der Waals surface area contributed by atoms with Crippen molar-refractivity contribution in [3.8, 4) is 74.1 Å². The Morgan fingerprint density at radius 1 is 0.353 bits per heavy atom. The van der Waals surface area contributed by atoms with Gasteiger partial charge in [-0.15, -0.1) is 0 Å². The van der Waals surface area contributed by atoms with Crippen LogP contribution in [0.25, 0.3) is 112 Å². The van der Waals surface area contributed by atoms with E-state index >= 15 is 0 Å². The number of hydrogen-bond acceptors (Lipinski definition) is 9. The third-order valence-corrected chi connectivity index (χ3v) is 12.4. The largest absolute Gasteiger partial charge is 0.308 e. The molecule has 5 heterocycles. The van der Waals surface area contributed by atoms with Crippen LogP contribution >= 0.6 is 0 Å². The lowest BCUT2D eigenvalue weighted by Gasteiger charge is -2.21. The molecule has 11 nitrogen and oxygen atoms in total. The molecule has 5 aromatic heterocycles. The van der Waals surface area contributed by atoms with Crippen molar-refractivity contribution in [3.05, 3.63) is 193 Å². The van der Waals surface area contributed by atoms with Crippen LogP contribution in [0.2, 0.25) is 0 Å². The Hall–Kier alpha value is -9.27. The maximum absolute atomic E-state index is 11.1. The summed E-state index contributed by atoms with van der Waals surface area (Å²) in [4.78, 5) is 38.5. The Kier molecular flexibility index (Phi) is 9.48. The maximum Gasteiger partial charge on any atom is 0.163 e. The summed E-state index contributed by atoms with van der Waals surface area (Å²) in [7, 11) is 0. The van der Waals surface area contributed by atoms with E-state index in [9.17, 15) is 5.26 Å². The van der Waals surface area contributed by atoms with Crippen LogP contribution in [0, 0.1) is 39.0 Å². The Bertz CT molecular complexity index is 3750. The number of aromatic nitrogens is 10. The quantitative estimate of drug-likeness (QED) is 0.153. The molecule has 0 unspecified atom stereocenters. The lowest BCUT2D eigenvalue weighted by molar-refractivity contribution is 0.928. The molecule has 322 valence electrons. The third-order valence-electron chi connectivity index (χ3n) is 12.4. The van der Waals surface area contributed by atoms with Gasteiger partial charge >= 0.3 is 0 Å². The summed E-state index contributed by atoms with van der Waals surface area (Å²) in [6, 6.07) is 58.3. The van der Waals surface area contributed by atoms with Gasteiger partial charge in [-0.1, -0.05) is 97.1 Å². The molecule has 0 N–H and O–H groups in total. The first kappa shape index (κ1) is 40.3. The summed E-state index contributed by atoms with van der Waals surface area (Å²) in [6.45, 7) is 7.54. The van der Waals surface area contributed by atoms with Gasteiger partial charge in [0.2, 0.25) is 0 Å². The van der Waals surface area contributed by atoms with Crippen LogP contribution in [0.1, 0.15) is 28.9 Å². The van der Waals surface area contributed by atoms with Gasteiger partial charge in [-0.2, -0.15) is 5.26 Å². The highest BCUT2D eigenvalue weighted by molar-refractivity contribution is 6.13. The van der Waals surface area contributed by atoms with Crippen LogP contribution in [0.5, 0.6) is 0 Å². The second-order valence-electron chi connectivity index (χ2n) is 16.9. The molecule has 0 aliphatic carbocycles. The van der Waals surface area contributed by atoms with Gasteiger partial charge in [-0.3, -0.25) is 0 Å². The van der Waals surface area contributed by atoms with Gasteiger partial charge in [0.1, 0.15) is 23.3 Å². The van der Waals surface area contributed by atoms with E-state index in [4.69, 9.17) is 29.9 Å². The van der Waals surface area contributed by atoms with Crippen LogP contribution in [-0.4, -0.2) is 49.0 Å². The van der Waals surface area contributed by atoms with Crippen LogP contribution < -0.4 is 0 Å². The zero-order chi connectivity index (χ0) is 46.0. The number of para-hydroxylation sites is 2. The summed E-state index contributed by atoms with van der Waals surface area (Å²) in [5, 5.41) is 15.2. The molecule has 12 aromatic rings. The molecule has 0 fully saturated rings. The second-order valence-corrected chi connectivity index (χ2v) is 16.9. The molecule has 0 aliphatic rings. The van der Waals surface area contributed by atoms with Gasteiger partial charge in [0.25, 0.3) is 0 Å². The highest BCUT2D eigenvalue weighted by Crippen LogP contribution is 2.44. The van der Waals surface area contributed by atoms with E-state index in [1.54, 1.807) is 0 Å². The normalized spacial score (nSPS) is 11.5. The third kappa shape index (κ3) is 6.82. The van der Waals surface area contributed by atoms with Crippen LogP contribution in [0.4, 0.5) is 0 Å². The average molecular weight is 878 g/mol. The molecule has 7 aromatic carbocycles. The van der Waals surface area contributed by atoms with E-state index in [-0.39, 0.29) is 0 Å². The molecule has 0 radical (unpaired) electrons. The van der Waals surface area contributed by atoms with E-state index in [1.807, 2.05) is 88.4 Å². The van der Waals surface area contributed by atoms with Crippen molar-refractivity contribution < 1.29 is 0 Å². The first-order valence-corrected chi connectivity index (χ1v) is 22.3. The number of benzene rings is 7. The van der Waals surface area contributed by atoms with E-state index in [1.165, 1.54) is 0 Å². The molecule has 0 saturated carbocycles. The Morgan fingerprint density at radius 2 is 0.765 bits per heavy atom. The number of nitriles is 1. The highest BCUT2D eigenvalue weighted by atomic mass is 15.1. The van der Waals surface area contributed by atoms with Gasteiger partial charge < -0.3 is 9.13 Å². The van der Waals surface area contributed by atoms with Crippen molar-refractivity contribution in [1.82, 2.24) is 49.0 Å². The zero-order valence-electron chi connectivity index (χ0n) is 37.5. The molecule has 0 spiro atoms. The Balaban J connectivity index is 1.22. The Labute approximate surface area is 390 Å². The summed E-state index contributed by atoms with van der Waals surface area (Å²) >= 11 is 0. The monoisotopic (exact) mass is 877 g/mol. The van der Waals surface area contributed by atoms with E-state index < -0.39 is 0 Å². The minimum atomic E-state index is 0.483. The van der Waals surface area contributed by atoms with Crippen molar-refractivity contribution in [3.63, 3.8) is 0 Å². The average Bonchev–Trinajstić information content (AvgIpc) is 3.88. The minimum absolute atomic E-state index is 0.483. The van der Waals surface area contributed by atoms with E-state index in [0.29, 0.717) is 52.0 Å². The van der Waals surface area contributed by atoms with Gasteiger partial charge in [-0.05, 0) is 94.4 Å².